The van der Waals surface area contributed by atoms with Crippen molar-refractivity contribution in [3.63, 3.8) is 0 Å². The number of sulfonamides is 1. The molecule has 6 nitrogen and oxygen atoms in total. The van der Waals surface area contributed by atoms with Crippen molar-refractivity contribution in [2.45, 2.75) is 0 Å². The van der Waals surface area contributed by atoms with Crippen LogP contribution in [0.25, 0.3) is 10.9 Å². The van der Waals surface area contributed by atoms with Crippen LogP contribution in [-0.4, -0.2) is 32.1 Å². The summed E-state index contributed by atoms with van der Waals surface area (Å²) in [5.74, 6) is -0.426. The van der Waals surface area contributed by atoms with Gasteiger partial charge in [0, 0.05) is 17.3 Å². The average molecular weight is 355 g/mol. The van der Waals surface area contributed by atoms with Gasteiger partial charge in [-0.25, -0.2) is 8.42 Å². The molecule has 0 saturated heterocycles. The zero-order chi connectivity index (χ0) is 17.9. The van der Waals surface area contributed by atoms with Crippen molar-refractivity contribution in [3.8, 4) is 0 Å². The van der Waals surface area contributed by atoms with Crippen LogP contribution in [0, 0.1) is 0 Å². The van der Waals surface area contributed by atoms with Gasteiger partial charge in [-0.1, -0.05) is 36.4 Å². The monoisotopic (exact) mass is 355 g/mol. The summed E-state index contributed by atoms with van der Waals surface area (Å²) >= 11 is 0. The molecule has 25 heavy (non-hydrogen) atoms. The second-order valence-corrected chi connectivity index (χ2v) is 7.44. The van der Waals surface area contributed by atoms with Crippen molar-refractivity contribution in [1.82, 2.24) is 4.98 Å². The molecule has 0 spiro atoms. The number of benzene rings is 2. The molecular weight excluding hydrogens is 338 g/mol. The van der Waals surface area contributed by atoms with E-state index in [4.69, 9.17) is 0 Å². The van der Waals surface area contributed by atoms with Crippen LogP contribution >= 0.6 is 0 Å². The van der Waals surface area contributed by atoms with Crippen LogP contribution in [0.5, 0.6) is 0 Å². The minimum Gasteiger partial charge on any atom is -0.325 e. The quantitative estimate of drug-likeness (QED) is 0.763. The first-order valence-electron chi connectivity index (χ1n) is 7.61. The SMILES string of the molecule is CS(=O)(=O)N(CC(=O)Nc1ccccc1)c1cccc2cccnc12. The molecular formula is C18H17N3O3S. The standard InChI is InChI=1S/C18H17N3O3S/c1-25(23,24)21(13-17(22)20-15-9-3-2-4-10-15)16-11-5-7-14-8-6-12-19-18(14)16/h2-12H,13H2,1H3,(H,20,22). The van der Waals surface area contributed by atoms with Gasteiger partial charge in [0.1, 0.15) is 6.54 Å². The number of carbonyl (C=O) groups excluding carboxylic acids is 1. The second-order valence-electron chi connectivity index (χ2n) is 5.54. The minimum atomic E-state index is -3.66. The van der Waals surface area contributed by atoms with Crippen LogP contribution in [0.2, 0.25) is 0 Å². The number of nitrogens with zero attached hydrogens (tertiary/aromatic N) is 2. The Labute approximate surface area is 146 Å². The molecule has 0 aliphatic heterocycles. The number of fused-ring (bicyclic) bond motifs is 1. The van der Waals surface area contributed by atoms with Crippen molar-refractivity contribution in [3.05, 3.63) is 66.9 Å². The Balaban J connectivity index is 1.94. The van der Waals surface area contributed by atoms with Crippen molar-refractivity contribution >= 4 is 38.2 Å². The van der Waals surface area contributed by atoms with Gasteiger partial charge in [-0.15, -0.1) is 0 Å². The Bertz CT molecular complexity index is 999. The molecule has 0 saturated carbocycles. The van der Waals surface area contributed by atoms with E-state index in [9.17, 15) is 13.2 Å². The maximum Gasteiger partial charge on any atom is 0.245 e. The van der Waals surface area contributed by atoms with E-state index in [1.807, 2.05) is 18.2 Å². The van der Waals surface area contributed by atoms with Gasteiger partial charge < -0.3 is 5.32 Å². The number of hydrogen-bond acceptors (Lipinski definition) is 4. The third-order valence-electron chi connectivity index (χ3n) is 3.63. The van der Waals surface area contributed by atoms with Crippen LogP contribution in [0.3, 0.4) is 0 Å². The Kier molecular flexibility index (Phi) is 4.67. The molecule has 3 aromatic rings. The van der Waals surface area contributed by atoms with Gasteiger partial charge >= 0.3 is 0 Å². The van der Waals surface area contributed by atoms with Crippen LogP contribution in [0.1, 0.15) is 0 Å². The Morgan fingerprint density at radius 2 is 1.76 bits per heavy atom. The summed E-state index contributed by atoms with van der Waals surface area (Å²) in [6.07, 6.45) is 2.67. The molecule has 1 heterocycles. The smallest absolute Gasteiger partial charge is 0.245 e. The lowest BCUT2D eigenvalue weighted by Crippen LogP contribution is -2.37. The lowest BCUT2D eigenvalue weighted by Gasteiger charge is -2.22. The number of amides is 1. The van der Waals surface area contributed by atoms with Crippen LogP contribution in [0.15, 0.2) is 66.9 Å². The summed E-state index contributed by atoms with van der Waals surface area (Å²) in [5, 5.41) is 3.50. The largest absolute Gasteiger partial charge is 0.325 e. The average Bonchev–Trinajstić information content (AvgIpc) is 2.59. The van der Waals surface area contributed by atoms with E-state index in [-0.39, 0.29) is 6.54 Å². The lowest BCUT2D eigenvalue weighted by atomic mass is 10.2. The van der Waals surface area contributed by atoms with E-state index < -0.39 is 15.9 Å². The normalized spacial score (nSPS) is 11.2. The number of carbonyl (C=O) groups is 1. The number of hydrogen-bond donors (Lipinski definition) is 1. The predicted octanol–water partition coefficient (Wildman–Crippen LogP) is 2.64. The molecule has 0 bridgehead atoms. The number of nitrogens with one attached hydrogen (secondary N) is 1. The number of aromatic nitrogens is 1. The number of pyridine rings is 1. The fraction of sp³-hybridized carbons (Fsp3) is 0.111. The first-order chi connectivity index (χ1) is 11.9. The second kappa shape index (κ2) is 6.90. The van der Waals surface area contributed by atoms with Crippen LogP contribution in [0.4, 0.5) is 11.4 Å². The van der Waals surface area contributed by atoms with E-state index in [1.165, 1.54) is 0 Å². The number of anilines is 2. The van der Waals surface area contributed by atoms with E-state index in [2.05, 4.69) is 10.3 Å². The first-order valence-corrected chi connectivity index (χ1v) is 9.46. The van der Waals surface area contributed by atoms with E-state index in [0.29, 0.717) is 16.9 Å². The Morgan fingerprint density at radius 1 is 1.04 bits per heavy atom. The topological polar surface area (TPSA) is 79.4 Å². The summed E-state index contributed by atoms with van der Waals surface area (Å²) in [7, 11) is -3.66. The van der Waals surface area contributed by atoms with Crippen molar-refractivity contribution in [1.29, 1.82) is 0 Å². The molecule has 0 aliphatic carbocycles. The highest BCUT2D eigenvalue weighted by Gasteiger charge is 2.23. The summed E-state index contributed by atoms with van der Waals surface area (Å²) in [5.41, 5.74) is 1.52. The highest BCUT2D eigenvalue weighted by molar-refractivity contribution is 7.92. The lowest BCUT2D eigenvalue weighted by molar-refractivity contribution is -0.114. The fourth-order valence-electron chi connectivity index (χ4n) is 2.52. The summed E-state index contributed by atoms with van der Waals surface area (Å²) in [6.45, 7) is -0.330. The molecule has 0 radical (unpaired) electrons. The van der Waals surface area contributed by atoms with Gasteiger partial charge in [0.25, 0.3) is 0 Å². The minimum absolute atomic E-state index is 0.330. The first kappa shape index (κ1) is 16.9. The third-order valence-corrected chi connectivity index (χ3v) is 4.75. The van der Waals surface area contributed by atoms with Gasteiger partial charge in [-0.2, -0.15) is 0 Å². The summed E-state index contributed by atoms with van der Waals surface area (Å²) in [4.78, 5) is 16.6. The molecule has 0 atom stereocenters. The molecule has 2 aromatic carbocycles. The molecule has 128 valence electrons. The maximum atomic E-state index is 12.3. The highest BCUT2D eigenvalue weighted by Crippen LogP contribution is 2.26. The molecule has 1 N–H and O–H groups in total. The zero-order valence-corrected chi connectivity index (χ0v) is 14.4. The third kappa shape index (κ3) is 3.95. The summed E-state index contributed by atoms with van der Waals surface area (Å²) in [6, 6.07) is 17.7. The molecule has 3 rings (SSSR count). The predicted molar refractivity (Wildman–Crippen MR) is 99.0 cm³/mol. The highest BCUT2D eigenvalue weighted by atomic mass is 32.2. The Morgan fingerprint density at radius 3 is 2.48 bits per heavy atom. The Hall–Kier alpha value is -2.93. The van der Waals surface area contributed by atoms with Crippen molar-refractivity contribution < 1.29 is 13.2 Å². The molecule has 0 unspecified atom stereocenters. The van der Waals surface area contributed by atoms with E-state index in [0.717, 1.165) is 15.9 Å². The van der Waals surface area contributed by atoms with Crippen molar-refractivity contribution in [2.75, 3.05) is 22.4 Å². The summed E-state index contributed by atoms with van der Waals surface area (Å²) < 4.78 is 25.6. The van der Waals surface area contributed by atoms with Gasteiger partial charge in [0.05, 0.1) is 17.5 Å². The number of para-hydroxylation sites is 2. The molecule has 0 fully saturated rings. The van der Waals surface area contributed by atoms with Gasteiger partial charge in [-0.3, -0.25) is 14.1 Å². The van der Waals surface area contributed by atoms with E-state index in [1.54, 1.807) is 48.7 Å². The van der Waals surface area contributed by atoms with Crippen molar-refractivity contribution in [2.24, 2.45) is 0 Å². The number of rotatable bonds is 5. The van der Waals surface area contributed by atoms with Crippen LogP contribution < -0.4 is 9.62 Å². The molecule has 7 heteroatoms. The van der Waals surface area contributed by atoms with Crippen LogP contribution in [-0.2, 0) is 14.8 Å². The van der Waals surface area contributed by atoms with E-state index >= 15 is 0 Å². The maximum absolute atomic E-state index is 12.3. The fourth-order valence-corrected chi connectivity index (χ4v) is 3.38. The van der Waals surface area contributed by atoms with Gasteiger partial charge in [0.2, 0.25) is 15.9 Å². The zero-order valence-electron chi connectivity index (χ0n) is 13.6. The molecule has 0 aliphatic rings. The van der Waals surface area contributed by atoms with Gasteiger partial charge in [-0.05, 0) is 24.3 Å². The molecule has 1 aromatic heterocycles. The molecule has 1 amide bonds. The van der Waals surface area contributed by atoms with Gasteiger partial charge in [0.15, 0.2) is 0 Å².